The Morgan fingerprint density at radius 1 is 1.33 bits per heavy atom. The summed E-state index contributed by atoms with van der Waals surface area (Å²) in [6, 6.07) is 4.13. The van der Waals surface area contributed by atoms with Crippen molar-refractivity contribution in [3.8, 4) is 0 Å². The molecule has 0 spiro atoms. The lowest BCUT2D eigenvalue weighted by molar-refractivity contribution is -0.122. The van der Waals surface area contributed by atoms with Crippen LogP contribution in [0.2, 0.25) is 0 Å². The van der Waals surface area contributed by atoms with Gasteiger partial charge in [0.25, 0.3) is 0 Å². The molecule has 21 heavy (non-hydrogen) atoms. The number of aromatic nitrogens is 1. The lowest BCUT2D eigenvalue weighted by Crippen LogP contribution is -2.44. The third-order valence-corrected chi connectivity index (χ3v) is 4.15. The molecule has 1 aliphatic rings. The van der Waals surface area contributed by atoms with Crippen molar-refractivity contribution >= 4 is 5.91 Å². The summed E-state index contributed by atoms with van der Waals surface area (Å²) in [5, 5.41) is 3.20. The Morgan fingerprint density at radius 2 is 1.95 bits per heavy atom. The van der Waals surface area contributed by atoms with Crippen LogP contribution in [0.4, 0.5) is 0 Å². The zero-order valence-corrected chi connectivity index (χ0v) is 14.1. The second kappa shape index (κ2) is 8.16. The topological polar surface area (TPSA) is 42.0 Å². The van der Waals surface area contributed by atoms with Crippen molar-refractivity contribution in [1.29, 1.82) is 0 Å². The molecule has 2 rings (SSSR count). The maximum Gasteiger partial charge on any atom is 0.224 e. The summed E-state index contributed by atoms with van der Waals surface area (Å²) in [5.74, 6) is 0.688. The average molecular weight is 290 g/mol. The molecule has 2 unspecified atom stereocenters. The molecule has 0 saturated heterocycles. The molecule has 1 heterocycles. The second-order valence-electron chi connectivity index (χ2n) is 6.59. The lowest BCUT2D eigenvalue weighted by Gasteiger charge is -2.39. The predicted octanol–water partition coefficient (Wildman–Crippen LogP) is 3.98. The number of nitrogens with one attached hydrogen (secondary N) is 1. The highest BCUT2D eigenvalue weighted by Gasteiger charge is 2.32. The minimum atomic E-state index is 0.128. The Balaban J connectivity index is 0.00000106. The summed E-state index contributed by atoms with van der Waals surface area (Å²) in [6.45, 7) is 10.9. The molecule has 0 radical (unpaired) electrons. The first-order valence-corrected chi connectivity index (χ1v) is 8.14. The highest BCUT2D eigenvalue weighted by atomic mass is 16.1. The molecular formula is C18H30N2O. The van der Waals surface area contributed by atoms with Crippen LogP contribution >= 0.6 is 0 Å². The van der Waals surface area contributed by atoms with Gasteiger partial charge in [-0.1, -0.05) is 34.6 Å². The fourth-order valence-corrected chi connectivity index (χ4v) is 3.10. The maximum atomic E-state index is 12.1. The molecule has 1 aliphatic carbocycles. The summed E-state index contributed by atoms with van der Waals surface area (Å²) in [4.78, 5) is 16.0. The number of rotatable bonds is 3. The predicted molar refractivity (Wildman–Crippen MR) is 88.0 cm³/mol. The van der Waals surface area contributed by atoms with Gasteiger partial charge in [0.15, 0.2) is 0 Å². The van der Waals surface area contributed by atoms with Crippen molar-refractivity contribution in [2.45, 2.75) is 66.3 Å². The van der Waals surface area contributed by atoms with Crippen LogP contribution in [0.1, 0.15) is 59.4 Å². The maximum absolute atomic E-state index is 12.1. The van der Waals surface area contributed by atoms with Crippen molar-refractivity contribution in [3.05, 3.63) is 30.1 Å². The van der Waals surface area contributed by atoms with Crippen molar-refractivity contribution < 1.29 is 4.79 Å². The van der Waals surface area contributed by atoms with Crippen molar-refractivity contribution in [2.24, 2.45) is 11.3 Å². The van der Waals surface area contributed by atoms with Crippen LogP contribution in [-0.2, 0) is 11.2 Å². The van der Waals surface area contributed by atoms with Crippen molar-refractivity contribution in [2.75, 3.05) is 0 Å². The molecule has 118 valence electrons. The molecule has 0 aliphatic heterocycles. The average Bonchev–Trinajstić information content (AvgIpc) is 2.45. The van der Waals surface area contributed by atoms with Gasteiger partial charge < -0.3 is 5.32 Å². The summed E-state index contributed by atoms with van der Waals surface area (Å²) in [5.41, 5.74) is 1.45. The minimum absolute atomic E-state index is 0.128. The van der Waals surface area contributed by atoms with Crippen molar-refractivity contribution in [1.82, 2.24) is 10.3 Å². The van der Waals surface area contributed by atoms with E-state index in [1.54, 1.807) is 12.4 Å². The first-order valence-electron chi connectivity index (χ1n) is 8.14. The number of pyridine rings is 1. The number of amides is 1. The molecule has 2 atom stereocenters. The lowest BCUT2D eigenvalue weighted by atomic mass is 9.70. The minimum Gasteiger partial charge on any atom is -0.353 e. The largest absolute Gasteiger partial charge is 0.353 e. The first-order chi connectivity index (χ1) is 9.96. The van der Waals surface area contributed by atoms with Crippen molar-refractivity contribution in [3.63, 3.8) is 0 Å². The van der Waals surface area contributed by atoms with Gasteiger partial charge in [0.05, 0.1) is 6.42 Å². The van der Waals surface area contributed by atoms with Gasteiger partial charge >= 0.3 is 0 Å². The Bertz CT molecular complexity index is 428. The summed E-state index contributed by atoms with van der Waals surface area (Å²) in [7, 11) is 0. The molecule has 1 aromatic heterocycles. The zero-order valence-electron chi connectivity index (χ0n) is 14.1. The van der Waals surface area contributed by atoms with E-state index in [1.165, 1.54) is 12.8 Å². The highest BCUT2D eigenvalue weighted by molar-refractivity contribution is 5.78. The molecule has 3 nitrogen and oxygen atoms in total. The van der Waals surface area contributed by atoms with E-state index in [2.05, 4.69) is 31.1 Å². The van der Waals surface area contributed by atoms with Crippen LogP contribution in [0, 0.1) is 11.3 Å². The van der Waals surface area contributed by atoms with Crippen LogP contribution in [0.5, 0.6) is 0 Å². The molecule has 1 N–H and O–H groups in total. The van der Waals surface area contributed by atoms with Crippen LogP contribution < -0.4 is 5.32 Å². The number of carbonyl (C=O) groups excluding carboxylic acids is 1. The summed E-state index contributed by atoms with van der Waals surface area (Å²) in [6.07, 6.45) is 7.39. The van der Waals surface area contributed by atoms with E-state index in [4.69, 9.17) is 0 Å². The molecule has 0 bridgehead atoms. The van der Waals surface area contributed by atoms with E-state index < -0.39 is 0 Å². The van der Waals surface area contributed by atoms with Gasteiger partial charge in [-0.15, -0.1) is 0 Å². The molecule has 1 fully saturated rings. The molecule has 1 aromatic rings. The Kier molecular flexibility index (Phi) is 6.86. The standard InChI is InChI=1S/C16H24N2O.C2H6/c1-12-11-16(2,3)7-4-14(12)18-15(19)10-13-5-8-17-9-6-13;1-2/h5-6,8-9,12,14H,4,7,10-11H2,1-3H3,(H,18,19);1-2H3. The highest BCUT2D eigenvalue weighted by Crippen LogP contribution is 2.38. The van der Waals surface area contributed by atoms with E-state index in [9.17, 15) is 4.79 Å². The molecular weight excluding hydrogens is 260 g/mol. The molecule has 0 aromatic carbocycles. The normalized spacial score (nSPS) is 23.7. The van der Waals surface area contributed by atoms with Gasteiger partial charge in [-0.25, -0.2) is 0 Å². The quantitative estimate of drug-likeness (QED) is 0.915. The van der Waals surface area contributed by atoms with Crippen LogP contribution in [0.3, 0.4) is 0 Å². The fourth-order valence-electron chi connectivity index (χ4n) is 3.10. The van der Waals surface area contributed by atoms with Crippen LogP contribution in [-0.4, -0.2) is 16.9 Å². The van der Waals surface area contributed by atoms with E-state index in [0.29, 0.717) is 23.8 Å². The van der Waals surface area contributed by atoms with E-state index in [1.807, 2.05) is 26.0 Å². The SMILES string of the molecule is CC.CC1CC(C)(C)CCC1NC(=O)Cc1ccncc1. The summed E-state index contributed by atoms with van der Waals surface area (Å²) >= 11 is 0. The van der Waals surface area contributed by atoms with E-state index in [-0.39, 0.29) is 5.91 Å². The van der Waals surface area contributed by atoms with Gasteiger partial charge in [-0.3, -0.25) is 9.78 Å². The Labute approximate surface area is 129 Å². The smallest absolute Gasteiger partial charge is 0.224 e. The van der Waals surface area contributed by atoms with Gasteiger partial charge in [0.1, 0.15) is 0 Å². The number of hydrogen-bond acceptors (Lipinski definition) is 2. The third-order valence-electron chi connectivity index (χ3n) is 4.15. The molecule has 1 saturated carbocycles. The molecule has 1 amide bonds. The van der Waals surface area contributed by atoms with Crippen LogP contribution in [0.15, 0.2) is 24.5 Å². The van der Waals surface area contributed by atoms with E-state index in [0.717, 1.165) is 12.0 Å². The first kappa shape index (κ1) is 17.7. The Morgan fingerprint density at radius 3 is 2.52 bits per heavy atom. The third kappa shape index (κ3) is 5.86. The number of nitrogens with zero attached hydrogens (tertiary/aromatic N) is 1. The van der Waals surface area contributed by atoms with Gasteiger partial charge in [-0.2, -0.15) is 0 Å². The number of carbonyl (C=O) groups is 1. The second-order valence-corrected chi connectivity index (χ2v) is 6.59. The zero-order chi connectivity index (χ0) is 15.9. The molecule has 3 heteroatoms. The summed E-state index contributed by atoms with van der Waals surface area (Å²) < 4.78 is 0. The van der Waals surface area contributed by atoms with Crippen LogP contribution in [0.25, 0.3) is 0 Å². The van der Waals surface area contributed by atoms with Gasteiger partial charge in [0.2, 0.25) is 5.91 Å². The fraction of sp³-hybridized carbons (Fsp3) is 0.667. The number of hydrogen-bond donors (Lipinski definition) is 1. The van der Waals surface area contributed by atoms with Gasteiger partial charge in [0, 0.05) is 18.4 Å². The van der Waals surface area contributed by atoms with Gasteiger partial charge in [-0.05, 0) is 48.3 Å². The Hall–Kier alpha value is -1.38. The monoisotopic (exact) mass is 290 g/mol. The van der Waals surface area contributed by atoms with E-state index >= 15 is 0 Å².